The van der Waals surface area contributed by atoms with E-state index < -0.39 is 4.92 Å². The van der Waals surface area contributed by atoms with E-state index in [1.165, 1.54) is 17.8 Å². The molecule has 2 rings (SSSR count). The van der Waals surface area contributed by atoms with Gasteiger partial charge in [-0.3, -0.25) is 10.1 Å². The molecule has 2 aromatic carbocycles. The second kappa shape index (κ2) is 5.74. The van der Waals surface area contributed by atoms with Gasteiger partial charge in [0.05, 0.1) is 4.92 Å². The van der Waals surface area contributed by atoms with Crippen LogP contribution in [0.3, 0.4) is 0 Å². The fourth-order valence-corrected chi connectivity index (χ4v) is 2.77. The largest absolute Gasteiger partial charge is 0.288 e. The van der Waals surface area contributed by atoms with Gasteiger partial charge in [0.2, 0.25) is 0 Å². The van der Waals surface area contributed by atoms with Crippen molar-refractivity contribution in [3.63, 3.8) is 0 Å². The Morgan fingerprint density at radius 2 is 2.00 bits per heavy atom. The third kappa shape index (κ3) is 3.05. The zero-order chi connectivity index (χ0) is 13.8. The molecule has 6 heteroatoms. The van der Waals surface area contributed by atoms with Crippen LogP contribution >= 0.6 is 23.4 Å². The highest BCUT2D eigenvalue weighted by Gasteiger charge is 2.17. The minimum atomic E-state index is -0.555. The Hall–Kier alpha value is -2.03. The van der Waals surface area contributed by atoms with Gasteiger partial charge >= 0.3 is 0 Å². The first-order valence-corrected chi connectivity index (χ1v) is 6.42. The minimum absolute atomic E-state index is 0.0671. The number of rotatable bonds is 3. The van der Waals surface area contributed by atoms with Crippen LogP contribution < -0.4 is 0 Å². The van der Waals surface area contributed by atoms with Gasteiger partial charge in [0.25, 0.3) is 5.69 Å². The van der Waals surface area contributed by atoms with Crippen molar-refractivity contribution >= 4 is 29.1 Å². The lowest BCUT2D eigenvalue weighted by atomic mass is 10.2. The molecule has 0 saturated carbocycles. The zero-order valence-corrected chi connectivity index (χ0v) is 11.1. The number of halogens is 1. The summed E-state index contributed by atoms with van der Waals surface area (Å²) < 4.78 is 0. The van der Waals surface area contributed by atoms with E-state index in [0.29, 0.717) is 9.92 Å². The third-order valence-electron chi connectivity index (χ3n) is 2.34. The molecule has 0 radical (unpaired) electrons. The normalized spacial score (nSPS) is 9.89. The smallest absolute Gasteiger partial charge is 0.258 e. The van der Waals surface area contributed by atoms with Crippen LogP contribution in [0.1, 0.15) is 5.56 Å². The SMILES string of the molecule is N#Cc1c(Sc2cccc(Cl)c2)cccc1[N+](=O)[O-]. The predicted molar refractivity (Wildman–Crippen MR) is 73.4 cm³/mol. The zero-order valence-electron chi connectivity index (χ0n) is 9.54. The van der Waals surface area contributed by atoms with Gasteiger partial charge in [0.1, 0.15) is 11.6 Å². The summed E-state index contributed by atoms with van der Waals surface area (Å²) in [7, 11) is 0. The van der Waals surface area contributed by atoms with E-state index in [9.17, 15) is 10.1 Å². The predicted octanol–water partition coefficient (Wildman–Crippen LogP) is 4.27. The van der Waals surface area contributed by atoms with E-state index in [4.69, 9.17) is 16.9 Å². The fourth-order valence-electron chi connectivity index (χ4n) is 1.53. The molecule has 0 bridgehead atoms. The van der Waals surface area contributed by atoms with Crippen molar-refractivity contribution in [3.8, 4) is 6.07 Å². The Bertz CT molecular complexity index is 683. The van der Waals surface area contributed by atoms with Gasteiger partial charge in [-0.1, -0.05) is 35.5 Å². The number of benzene rings is 2. The number of nitrogens with zero attached hydrogens (tertiary/aromatic N) is 2. The summed E-state index contributed by atoms with van der Waals surface area (Å²) >= 11 is 7.15. The fraction of sp³-hybridized carbons (Fsp3) is 0. The number of nitro benzene ring substituents is 1. The van der Waals surface area contributed by atoms with Crippen LogP contribution in [-0.4, -0.2) is 4.92 Å². The summed E-state index contributed by atoms with van der Waals surface area (Å²) in [5.74, 6) is 0. The monoisotopic (exact) mass is 290 g/mol. The first kappa shape index (κ1) is 13.4. The van der Waals surface area contributed by atoms with Crippen LogP contribution in [0.5, 0.6) is 0 Å². The molecule has 0 unspecified atom stereocenters. The molecule has 0 fully saturated rings. The average molecular weight is 291 g/mol. The molecule has 0 N–H and O–H groups in total. The van der Waals surface area contributed by atoms with Gasteiger partial charge < -0.3 is 0 Å². The summed E-state index contributed by atoms with van der Waals surface area (Å²) in [5, 5.41) is 20.5. The highest BCUT2D eigenvalue weighted by molar-refractivity contribution is 7.99. The highest BCUT2D eigenvalue weighted by atomic mass is 35.5. The Morgan fingerprint density at radius 3 is 2.63 bits per heavy atom. The van der Waals surface area contributed by atoms with Crippen LogP contribution in [0.15, 0.2) is 52.3 Å². The molecule has 0 atom stereocenters. The standard InChI is InChI=1S/C13H7ClN2O2S/c14-9-3-1-4-10(7-9)19-13-6-2-5-12(16(17)18)11(13)8-15/h1-7H. The Balaban J connectivity index is 2.44. The Kier molecular flexibility index (Phi) is 4.05. The van der Waals surface area contributed by atoms with Crippen molar-refractivity contribution in [1.29, 1.82) is 5.26 Å². The average Bonchev–Trinajstić information content (AvgIpc) is 2.38. The molecule has 0 aromatic heterocycles. The van der Waals surface area contributed by atoms with Crippen LogP contribution in [-0.2, 0) is 0 Å². The molecule has 0 aliphatic heterocycles. The first-order chi connectivity index (χ1) is 9.11. The van der Waals surface area contributed by atoms with E-state index in [2.05, 4.69) is 0 Å². The van der Waals surface area contributed by atoms with Crippen LogP contribution in [0.2, 0.25) is 5.02 Å². The van der Waals surface area contributed by atoms with Gasteiger partial charge in [-0.2, -0.15) is 5.26 Å². The van der Waals surface area contributed by atoms with Crippen molar-refractivity contribution in [2.75, 3.05) is 0 Å². The van der Waals surface area contributed by atoms with Crippen molar-refractivity contribution in [2.45, 2.75) is 9.79 Å². The third-order valence-corrected chi connectivity index (χ3v) is 3.62. The molecular weight excluding hydrogens is 284 g/mol. The minimum Gasteiger partial charge on any atom is -0.258 e. The van der Waals surface area contributed by atoms with Crippen LogP contribution in [0.4, 0.5) is 5.69 Å². The molecule has 0 aliphatic rings. The molecule has 0 heterocycles. The number of hydrogen-bond donors (Lipinski definition) is 0. The van der Waals surface area contributed by atoms with Crippen molar-refractivity contribution in [1.82, 2.24) is 0 Å². The topological polar surface area (TPSA) is 66.9 Å². The highest BCUT2D eigenvalue weighted by Crippen LogP contribution is 2.35. The molecule has 0 spiro atoms. The van der Waals surface area contributed by atoms with Gasteiger partial charge in [0, 0.05) is 20.9 Å². The Labute approximate surface area is 118 Å². The summed E-state index contributed by atoms with van der Waals surface area (Å²) in [4.78, 5) is 11.7. The van der Waals surface area contributed by atoms with E-state index in [1.807, 2.05) is 12.1 Å². The van der Waals surface area contributed by atoms with Gasteiger partial charge in [-0.05, 0) is 24.3 Å². The lowest BCUT2D eigenvalue weighted by molar-refractivity contribution is -0.385. The van der Waals surface area contributed by atoms with Crippen molar-refractivity contribution in [2.24, 2.45) is 0 Å². The summed E-state index contributed by atoms with van der Waals surface area (Å²) in [6, 6.07) is 13.5. The second-order valence-electron chi connectivity index (χ2n) is 3.58. The summed E-state index contributed by atoms with van der Waals surface area (Å²) in [5.41, 5.74) is -0.119. The maximum absolute atomic E-state index is 10.9. The lowest BCUT2D eigenvalue weighted by Gasteiger charge is -2.04. The number of nitriles is 1. The number of hydrogen-bond acceptors (Lipinski definition) is 4. The van der Waals surface area contributed by atoms with E-state index in [1.54, 1.807) is 30.3 Å². The van der Waals surface area contributed by atoms with Crippen molar-refractivity contribution in [3.05, 3.63) is 63.2 Å². The Morgan fingerprint density at radius 1 is 1.26 bits per heavy atom. The van der Waals surface area contributed by atoms with E-state index in [-0.39, 0.29) is 11.3 Å². The van der Waals surface area contributed by atoms with Crippen LogP contribution in [0, 0.1) is 21.4 Å². The summed E-state index contributed by atoms with van der Waals surface area (Å²) in [6.07, 6.45) is 0. The maximum atomic E-state index is 10.9. The van der Waals surface area contributed by atoms with E-state index in [0.717, 1.165) is 4.90 Å². The molecule has 4 nitrogen and oxygen atoms in total. The molecule has 94 valence electrons. The molecule has 19 heavy (non-hydrogen) atoms. The molecule has 0 aliphatic carbocycles. The summed E-state index contributed by atoms with van der Waals surface area (Å²) in [6.45, 7) is 0. The maximum Gasteiger partial charge on any atom is 0.288 e. The van der Waals surface area contributed by atoms with Gasteiger partial charge in [-0.25, -0.2) is 0 Å². The molecule has 2 aromatic rings. The lowest BCUT2D eigenvalue weighted by Crippen LogP contribution is -1.93. The number of nitro groups is 1. The van der Waals surface area contributed by atoms with Gasteiger partial charge in [0.15, 0.2) is 0 Å². The van der Waals surface area contributed by atoms with Crippen molar-refractivity contribution < 1.29 is 4.92 Å². The van der Waals surface area contributed by atoms with E-state index >= 15 is 0 Å². The molecule has 0 amide bonds. The quantitative estimate of drug-likeness (QED) is 0.625. The second-order valence-corrected chi connectivity index (χ2v) is 5.13. The van der Waals surface area contributed by atoms with Gasteiger partial charge in [-0.15, -0.1) is 0 Å². The molecular formula is C13H7ClN2O2S. The molecule has 0 saturated heterocycles. The van der Waals surface area contributed by atoms with Crippen LogP contribution in [0.25, 0.3) is 0 Å². The first-order valence-electron chi connectivity index (χ1n) is 5.22.